The van der Waals surface area contributed by atoms with Gasteiger partial charge in [0.05, 0.1) is 0 Å². The molecule has 0 bridgehead atoms. The monoisotopic (exact) mass is 237 g/mol. The SMILES string of the molecule is CCCc1nc(NN)cc(NC(C)CCC)n1. The van der Waals surface area contributed by atoms with Crippen LogP contribution in [0.5, 0.6) is 0 Å². The third-order valence-electron chi connectivity index (χ3n) is 2.51. The summed E-state index contributed by atoms with van der Waals surface area (Å²) in [6.45, 7) is 6.44. The van der Waals surface area contributed by atoms with E-state index in [1.54, 1.807) is 0 Å². The highest BCUT2D eigenvalue weighted by Gasteiger charge is 2.06. The number of aryl methyl sites for hydroxylation is 1. The maximum absolute atomic E-state index is 5.41. The van der Waals surface area contributed by atoms with Crippen LogP contribution in [0.4, 0.5) is 11.6 Å². The second kappa shape index (κ2) is 7.06. The molecule has 5 nitrogen and oxygen atoms in total. The molecule has 0 aliphatic rings. The standard InChI is InChI=1S/C12H23N5/c1-4-6-9(3)14-11-8-12(17-13)16-10(15-11)7-5-2/h8-9H,4-7,13H2,1-3H3,(H2,14,15,16,17). The van der Waals surface area contributed by atoms with Crippen LogP contribution in [0.25, 0.3) is 0 Å². The molecule has 5 heteroatoms. The molecule has 0 fully saturated rings. The molecular formula is C12H23N5. The van der Waals surface area contributed by atoms with E-state index in [2.05, 4.69) is 41.5 Å². The number of aromatic nitrogens is 2. The van der Waals surface area contributed by atoms with Gasteiger partial charge in [-0.05, 0) is 19.8 Å². The van der Waals surface area contributed by atoms with Crippen LogP contribution in [0.1, 0.15) is 45.9 Å². The fourth-order valence-corrected chi connectivity index (χ4v) is 1.74. The van der Waals surface area contributed by atoms with Crippen molar-refractivity contribution < 1.29 is 0 Å². The average molecular weight is 237 g/mol. The molecule has 1 heterocycles. The van der Waals surface area contributed by atoms with Gasteiger partial charge < -0.3 is 10.7 Å². The van der Waals surface area contributed by atoms with Crippen molar-refractivity contribution in [2.24, 2.45) is 5.84 Å². The Balaban J connectivity index is 2.79. The fraction of sp³-hybridized carbons (Fsp3) is 0.667. The first-order valence-electron chi connectivity index (χ1n) is 6.30. The lowest BCUT2D eigenvalue weighted by Gasteiger charge is -2.14. The smallest absolute Gasteiger partial charge is 0.145 e. The number of nitrogens with two attached hydrogens (primary N) is 1. The predicted molar refractivity (Wildman–Crippen MR) is 71.8 cm³/mol. The Morgan fingerprint density at radius 3 is 2.53 bits per heavy atom. The topological polar surface area (TPSA) is 75.9 Å². The molecule has 1 unspecified atom stereocenters. The molecule has 1 aromatic heterocycles. The highest BCUT2D eigenvalue weighted by atomic mass is 15.3. The molecule has 17 heavy (non-hydrogen) atoms. The Kier molecular flexibility index (Phi) is 5.69. The van der Waals surface area contributed by atoms with Crippen LogP contribution in [0.2, 0.25) is 0 Å². The molecule has 0 amide bonds. The molecule has 4 N–H and O–H groups in total. The van der Waals surface area contributed by atoms with Crippen LogP contribution in [0, 0.1) is 0 Å². The summed E-state index contributed by atoms with van der Waals surface area (Å²) in [6, 6.07) is 2.25. The van der Waals surface area contributed by atoms with Crippen LogP contribution in [-0.2, 0) is 6.42 Å². The number of hydrogen-bond donors (Lipinski definition) is 3. The zero-order valence-electron chi connectivity index (χ0n) is 11.0. The van der Waals surface area contributed by atoms with E-state index >= 15 is 0 Å². The van der Waals surface area contributed by atoms with Crippen molar-refractivity contribution >= 4 is 11.6 Å². The van der Waals surface area contributed by atoms with Crippen molar-refractivity contribution in [1.29, 1.82) is 0 Å². The van der Waals surface area contributed by atoms with E-state index in [0.29, 0.717) is 11.9 Å². The number of hydrazine groups is 1. The molecule has 1 rings (SSSR count). The van der Waals surface area contributed by atoms with Gasteiger partial charge in [-0.2, -0.15) is 0 Å². The first-order chi connectivity index (χ1) is 8.19. The number of rotatable bonds is 7. The molecule has 96 valence electrons. The summed E-state index contributed by atoms with van der Waals surface area (Å²) >= 11 is 0. The number of nitrogens with one attached hydrogen (secondary N) is 2. The quantitative estimate of drug-likeness (QED) is 0.501. The van der Waals surface area contributed by atoms with Gasteiger partial charge in [0.2, 0.25) is 0 Å². The van der Waals surface area contributed by atoms with Gasteiger partial charge in [0.15, 0.2) is 0 Å². The molecule has 0 radical (unpaired) electrons. The predicted octanol–water partition coefficient (Wildman–Crippen LogP) is 2.32. The number of nitrogen functional groups attached to an aromatic ring is 1. The Hall–Kier alpha value is -1.36. The number of hydrogen-bond acceptors (Lipinski definition) is 5. The van der Waals surface area contributed by atoms with E-state index in [0.717, 1.165) is 37.3 Å². The van der Waals surface area contributed by atoms with Crippen LogP contribution in [0.3, 0.4) is 0 Å². The number of nitrogens with zero attached hydrogens (tertiary/aromatic N) is 2. The van der Waals surface area contributed by atoms with E-state index in [1.807, 2.05) is 6.07 Å². The van der Waals surface area contributed by atoms with Crippen molar-refractivity contribution in [2.45, 2.75) is 52.5 Å². The average Bonchev–Trinajstić information content (AvgIpc) is 2.29. The van der Waals surface area contributed by atoms with Crippen LogP contribution >= 0.6 is 0 Å². The second-order valence-corrected chi connectivity index (χ2v) is 4.28. The zero-order chi connectivity index (χ0) is 12.7. The van der Waals surface area contributed by atoms with Crippen molar-refractivity contribution in [1.82, 2.24) is 9.97 Å². The lowest BCUT2D eigenvalue weighted by Crippen LogP contribution is -2.18. The number of anilines is 2. The second-order valence-electron chi connectivity index (χ2n) is 4.28. The first-order valence-corrected chi connectivity index (χ1v) is 6.30. The normalized spacial score (nSPS) is 12.2. The van der Waals surface area contributed by atoms with Gasteiger partial charge in [0.1, 0.15) is 17.5 Å². The Bertz CT molecular complexity index is 340. The van der Waals surface area contributed by atoms with Crippen molar-refractivity contribution in [3.63, 3.8) is 0 Å². The molecule has 0 aromatic carbocycles. The van der Waals surface area contributed by atoms with E-state index in [4.69, 9.17) is 5.84 Å². The molecule has 0 aliphatic heterocycles. The van der Waals surface area contributed by atoms with Crippen LogP contribution in [-0.4, -0.2) is 16.0 Å². The molecule has 1 atom stereocenters. The first kappa shape index (κ1) is 13.7. The van der Waals surface area contributed by atoms with E-state index in [-0.39, 0.29) is 0 Å². The van der Waals surface area contributed by atoms with Gasteiger partial charge >= 0.3 is 0 Å². The summed E-state index contributed by atoms with van der Waals surface area (Å²) in [6.07, 6.45) is 4.17. The molecule has 0 saturated heterocycles. The summed E-state index contributed by atoms with van der Waals surface area (Å²) in [7, 11) is 0. The summed E-state index contributed by atoms with van der Waals surface area (Å²) in [5.74, 6) is 7.74. The minimum atomic E-state index is 0.412. The van der Waals surface area contributed by atoms with Crippen molar-refractivity contribution in [3.05, 3.63) is 11.9 Å². The lowest BCUT2D eigenvalue weighted by molar-refractivity contribution is 0.685. The third kappa shape index (κ3) is 4.56. The highest BCUT2D eigenvalue weighted by molar-refractivity contribution is 5.47. The largest absolute Gasteiger partial charge is 0.367 e. The Morgan fingerprint density at radius 1 is 1.24 bits per heavy atom. The van der Waals surface area contributed by atoms with Gasteiger partial charge in [-0.3, -0.25) is 0 Å². The molecule has 1 aromatic rings. The van der Waals surface area contributed by atoms with Gasteiger partial charge in [-0.25, -0.2) is 15.8 Å². The van der Waals surface area contributed by atoms with Gasteiger partial charge in [-0.1, -0.05) is 20.3 Å². The van der Waals surface area contributed by atoms with Gasteiger partial charge in [0.25, 0.3) is 0 Å². The Labute approximate surface area is 103 Å². The summed E-state index contributed by atoms with van der Waals surface area (Å²) in [5, 5.41) is 3.37. The lowest BCUT2D eigenvalue weighted by atomic mass is 10.2. The van der Waals surface area contributed by atoms with E-state index in [1.165, 1.54) is 0 Å². The maximum Gasteiger partial charge on any atom is 0.145 e. The summed E-state index contributed by atoms with van der Waals surface area (Å²) in [4.78, 5) is 8.78. The molecule has 0 saturated carbocycles. The van der Waals surface area contributed by atoms with E-state index in [9.17, 15) is 0 Å². The van der Waals surface area contributed by atoms with Crippen molar-refractivity contribution in [3.8, 4) is 0 Å². The minimum Gasteiger partial charge on any atom is -0.367 e. The molecular weight excluding hydrogens is 214 g/mol. The van der Waals surface area contributed by atoms with Crippen LogP contribution < -0.4 is 16.6 Å². The fourth-order valence-electron chi connectivity index (χ4n) is 1.74. The summed E-state index contributed by atoms with van der Waals surface area (Å²) in [5.41, 5.74) is 2.58. The van der Waals surface area contributed by atoms with Crippen LogP contribution in [0.15, 0.2) is 6.07 Å². The van der Waals surface area contributed by atoms with Gasteiger partial charge in [-0.15, -0.1) is 0 Å². The van der Waals surface area contributed by atoms with E-state index < -0.39 is 0 Å². The zero-order valence-corrected chi connectivity index (χ0v) is 11.0. The highest BCUT2D eigenvalue weighted by Crippen LogP contribution is 2.13. The molecule has 0 aliphatic carbocycles. The minimum absolute atomic E-state index is 0.412. The Morgan fingerprint density at radius 2 is 1.94 bits per heavy atom. The van der Waals surface area contributed by atoms with Crippen molar-refractivity contribution in [2.75, 3.05) is 10.7 Å². The summed E-state index contributed by atoms with van der Waals surface area (Å²) < 4.78 is 0. The van der Waals surface area contributed by atoms with Gasteiger partial charge in [0, 0.05) is 18.5 Å². The maximum atomic E-state index is 5.41. The molecule has 0 spiro atoms. The third-order valence-corrected chi connectivity index (χ3v) is 2.51.